The number of aliphatic hydroxyl groups excluding tert-OH is 3. The van der Waals surface area contributed by atoms with E-state index in [2.05, 4.69) is 25.0 Å². The standard InChI is InChI=1S/C35H64N3O21P3S/c1-2-3-4-6-10-17-27(41)56-22(20-55-62(52,53)59-34-30(43)32(57-60(46,47)48)29(42)33(31(34)44)58-61(49,50)51)19-54-26(40)16-9-7-5-8-13-18-36-25(39)15-12-11-14-24-28-23(21-63-24)37-35(45)38-28/h22-24,28-34,42-44H,2-21H2,1H3,(H,36,39)(H,52,53)(H2,37,38,45)(H2,46,47,48)(H2,49,50,51)/t22-,23+,24+,28+,29?,30+,31+,32-,33+,34?/m1/s1. The Morgan fingerprint density at radius 3 is 1.86 bits per heavy atom. The van der Waals surface area contributed by atoms with Crippen LogP contribution >= 0.6 is 35.2 Å². The Balaban J connectivity index is 1.41. The van der Waals surface area contributed by atoms with E-state index in [9.17, 15) is 72.7 Å². The van der Waals surface area contributed by atoms with Crippen molar-refractivity contribution >= 4 is 59.1 Å². The Labute approximate surface area is 369 Å². The molecule has 3 aliphatic rings. The Kier molecular flexibility index (Phi) is 23.9. The number of phosphoric acid groups is 3. The second-order valence-electron chi connectivity index (χ2n) is 15.6. The zero-order valence-electron chi connectivity index (χ0n) is 35.1. The zero-order chi connectivity index (χ0) is 46.8. The van der Waals surface area contributed by atoms with Crippen LogP contribution in [0.4, 0.5) is 4.79 Å². The molecule has 2 saturated heterocycles. The number of aliphatic hydroxyl groups is 3. The van der Waals surface area contributed by atoms with Crippen molar-refractivity contribution in [2.75, 3.05) is 25.5 Å². The maximum atomic E-state index is 13.0. The van der Waals surface area contributed by atoms with Crippen molar-refractivity contribution in [1.29, 1.82) is 0 Å². The van der Waals surface area contributed by atoms with Gasteiger partial charge in [0.25, 0.3) is 0 Å². The van der Waals surface area contributed by atoms with Gasteiger partial charge in [-0.15, -0.1) is 0 Å². The van der Waals surface area contributed by atoms with Crippen molar-refractivity contribution in [1.82, 2.24) is 16.0 Å². The lowest BCUT2D eigenvalue weighted by Crippen LogP contribution is -2.65. The van der Waals surface area contributed by atoms with Gasteiger partial charge in [0, 0.05) is 36.8 Å². The summed E-state index contributed by atoms with van der Waals surface area (Å²) in [6, 6.07) is 0.204. The first-order valence-electron chi connectivity index (χ1n) is 21.1. The summed E-state index contributed by atoms with van der Waals surface area (Å²) in [6.07, 6.45) is -6.18. The Hall–Kier alpha value is -1.76. The molecule has 63 heavy (non-hydrogen) atoms. The number of phosphoric ester groups is 3. The van der Waals surface area contributed by atoms with Crippen LogP contribution in [-0.4, -0.2) is 149 Å². The van der Waals surface area contributed by atoms with Gasteiger partial charge in [0.1, 0.15) is 43.2 Å². The highest BCUT2D eigenvalue weighted by Gasteiger charge is 2.56. The monoisotopic (exact) mass is 987 g/mol. The summed E-state index contributed by atoms with van der Waals surface area (Å²) >= 11 is 1.84. The Morgan fingerprint density at radius 1 is 0.714 bits per heavy atom. The van der Waals surface area contributed by atoms with Gasteiger partial charge in [-0.2, -0.15) is 11.8 Å². The van der Waals surface area contributed by atoms with Crippen LogP contribution in [0.2, 0.25) is 0 Å². The fraction of sp³-hybridized carbons (Fsp3) is 0.886. The third-order valence-corrected chi connectivity index (χ3v) is 13.9. The van der Waals surface area contributed by atoms with Gasteiger partial charge in [0.05, 0.1) is 18.7 Å². The first kappa shape index (κ1) is 55.6. The van der Waals surface area contributed by atoms with Crippen molar-refractivity contribution in [2.45, 2.75) is 170 Å². The third-order valence-electron chi connectivity index (χ3n) is 10.4. The second-order valence-corrected chi connectivity index (χ2v) is 20.7. The number of rotatable bonds is 31. The normalized spacial score (nSPS) is 27.4. The van der Waals surface area contributed by atoms with Gasteiger partial charge >= 0.3 is 41.4 Å². The first-order chi connectivity index (χ1) is 29.6. The van der Waals surface area contributed by atoms with Gasteiger partial charge < -0.3 is 65.2 Å². The predicted octanol–water partition coefficient (Wildman–Crippen LogP) is 1.54. The minimum absolute atomic E-state index is 0.0139. The van der Waals surface area contributed by atoms with E-state index in [0.29, 0.717) is 37.5 Å². The van der Waals surface area contributed by atoms with Gasteiger partial charge in [-0.1, -0.05) is 58.3 Å². The minimum Gasteiger partial charge on any atom is -0.462 e. The number of hydrogen-bond donors (Lipinski definition) is 11. The number of amides is 3. The van der Waals surface area contributed by atoms with Crippen LogP contribution in [0.3, 0.4) is 0 Å². The fourth-order valence-corrected chi connectivity index (χ4v) is 10.9. The molecule has 0 radical (unpaired) electrons. The number of carbonyl (C=O) groups is 4. The van der Waals surface area contributed by atoms with Crippen LogP contribution in [0.25, 0.3) is 0 Å². The number of ether oxygens (including phenoxy) is 2. The van der Waals surface area contributed by atoms with Gasteiger partial charge in [0.2, 0.25) is 5.91 Å². The quantitative estimate of drug-likeness (QED) is 0.0203. The lowest BCUT2D eigenvalue weighted by molar-refractivity contribution is -0.213. The number of nitrogens with one attached hydrogen (secondary N) is 3. The molecular formula is C35H64N3O21P3S. The highest BCUT2D eigenvalue weighted by atomic mass is 32.2. The topological polar surface area (TPSA) is 373 Å². The molecule has 2 aliphatic heterocycles. The molecule has 366 valence electrons. The molecule has 24 nitrogen and oxygen atoms in total. The van der Waals surface area contributed by atoms with Crippen molar-refractivity contribution in [2.24, 2.45) is 0 Å². The highest BCUT2D eigenvalue weighted by molar-refractivity contribution is 8.00. The Bertz CT molecular complexity index is 1570. The number of urea groups is 1. The molecule has 11 atom stereocenters. The summed E-state index contributed by atoms with van der Waals surface area (Å²) in [5.41, 5.74) is 0. The average Bonchev–Trinajstić information content (AvgIpc) is 3.75. The lowest BCUT2D eigenvalue weighted by atomic mass is 9.85. The van der Waals surface area contributed by atoms with Gasteiger partial charge in [-0.05, 0) is 32.1 Å². The molecule has 0 aromatic carbocycles. The molecule has 3 unspecified atom stereocenters. The molecule has 2 heterocycles. The summed E-state index contributed by atoms with van der Waals surface area (Å²) in [4.78, 5) is 96.4. The molecule has 0 aromatic rings. The van der Waals surface area contributed by atoms with E-state index in [1.54, 1.807) is 0 Å². The SMILES string of the molecule is CCCCCCCC(=O)O[C@H](COC(=O)CCCCCCCNC(=O)CCCC[C@@H]1SC[C@@H]2NC(=O)N[C@@H]21)COP(=O)(O)OC1[C@@H](O)[C@H](OP(=O)(O)O)C(O)[C@H](OP(=O)(O)O)[C@@H]1O. The van der Waals surface area contributed by atoms with Crippen LogP contribution < -0.4 is 16.0 Å². The molecule has 1 saturated carbocycles. The number of carbonyl (C=O) groups excluding carboxylic acids is 4. The van der Waals surface area contributed by atoms with E-state index in [1.807, 2.05) is 18.7 Å². The largest absolute Gasteiger partial charge is 0.472 e. The molecule has 1 aliphatic carbocycles. The van der Waals surface area contributed by atoms with Gasteiger partial charge in [-0.25, -0.2) is 18.5 Å². The second kappa shape index (κ2) is 27.2. The van der Waals surface area contributed by atoms with Crippen molar-refractivity contribution in [3.05, 3.63) is 0 Å². The molecule has 3 rings (SSSR count). The van der Waals surface area contributed by atoms with E-state index in [-0.39, 0.29) is 36.9 Å². The van der Waals surface area contributed by atoms with Crippen molar-refractivity contribution in [3.63, 3.8) is 0 Å². The van der Waals surface area contributed by atoms with Gasteiger partial charge in [0.15, 0.2) is 6.10 Å². The average molecular weight is 988 g/mol. The van der Waals surface area contributed by atoms with Crippen molar-refractivity contribution in [3.8, 4) is 0 Å². The number of unbranched alkanes of at least 4 members (excludes halogenated alkanes) is 9. The lowest BCUT2D eigenvalue weighted by Gasteiger charge is -2.44. The number of esters is 2. The van der Waals surface area contributed by atoms with Crippen LogP contribution in [0, 0.1) is 0 Å². The van der Waals surface area contributed by atoms with E-state index in [0.717, 1.165) is 70.0 Å². The maximum absolute atomic E-state index is 13.0. The molecule has 0 spiro atoms. The summed E-state index contributed by atoms with van der Waals surface area (Å²) < 4.78 is 64.9. The summed E-state index contributed by atoms with van der Waals surface area (Å²) in [5, 5.41) is 40.8. The fourth-order valence-electron chi connectivity index (χ4n) is 7.23. The molecule has 0 aromatic heterocycles. The summed E-state index contributed by atoms with van der Waals surface area (Å²) in [6.45, 7) is 0.941. The molecule has 0 bridgehead atoms. The van der Waals surface area contributed by atoms with E-state index < -0.39 is 91.3 Å². The number of fused-ring (bicyclic) bond motifs is 1. The minimum atomic E-state index is -5.56. The van der Waals surface area contributed by atoms with Crippen molar-refractivity contribution < 1.29 is 100 Å². The highest BCUT2D eigenvalue weighted by Crippen LogP contribution is 2.51. The van der Waals surface area contributed by atoms with Crippen LogP contribution in [0.1, 0.15) is 110 Å². The summed E-state index contributed by atoms with van der Waals surface area (Å²) in [7, 11) is -16.6. The molecule has 28 heteroatoms. The zero-order valence-corrected chi connectivity index (χ0v) is 38.6. The number of thioether (sulfide) groups is 1. The smallest absolute Gasteiger partial charge is 0.462 e. The van der Waals surface area contributed by atoms with E-state index in [4.69, 9.17) is 18.5 Å². The van der Waals surface area contributed by atoms with Gasteiger partial charge in [-0.3, -0.25) is 32.5 Å². The molecular weight excluding hydrogens is 923 g/mol. The maximum Gasteiger partial charge on any atom is 0.472 e. The number of hydrogen-bond acceptors (Lipinski definition) is 17. The third kappa shape index (κ3) is 21.2. The molecule has 3 amide bonds. The van der Waals surface area contributed by atoms with Crippen LogP contribution in [0.5, 0.6) is 0 Å². The predicted molar refractivity (Wildman–Crippen MR) is 221 cm³/mol. The van der Waals surface area contributed by atoms with E-state index in [1.165, 1.54) is 0 Å². The van der Waals surface area contributed by atoms with Crippen LogP contribution in [-0.2, 0) is 55.6 Å². The Morgan fingerprint density at radius 2 is 1.25 bits per heavy atom. The summed E-state index contributed by atoms with van der Waals surface area (Å²) in [5.74, 6) is -0.553. The first-order valence-corrected chi connectivity index (χ1v) is 26.7. The molecule has 3 fully saturated rings. The van der Waals surface area contributed by atoms with E-state index >= 15 is 0 Å². The van der Waals surface area contributed by atoms with Crippen LogP contribution in [0.15, 0.2) is 0 Å². The molecule has 11 N–H and O–H groups in total.